The van der Waals surface area contributed by atoms with Crippen molar-refractivity contribution < 1.29 is 9.53 Å². The molecule has 1 fully saturated rings. The first kappa shape index (κ1) is 16.0. The fourth-order valence-electron chi connectivity index (χ4n) is 2.40. The largest absolute Gasteiger partial charge is 0.488 e. The number of nitrogens with zero attached hydrogens (tertiary/aromatic N) is 1. The zero-order chi connectivity index (χ0) is 16.4. The highest BCUT2D eigenvalue weighted by atomic mass is 35.5. The number of H-pyrrole nitrogens is 1. The third kappa shape index (κ3) is 3.57. The van der Waals surface area contributed by atoms with E-state index in [2.05, 4.69) is 15.5 Å². The SMILES string of the molecule is CC(C)c1[nH]nc(C(=O)Cc2ccc(OC3CNC3)cc2)c1Cl. The Balaban J connectivity index is 1.65. The van der Waals surface area contributed by atoms with E-state index in [-0.39, 0.29) is 24.2 Å². The molecular weight excluding hydrogens is 314 g/mol. The zero-order valence-corrected chi connectivity index (χ0v) is 14.0. The van der Waals surface area contributed by atoms with Crippen LogP contribution in [-0.2, 0) is 6.42 Å². The molecule has 1 aromatic carbocycles. The molecule has 1 saturated heterocycles. The molecule has 0 aliphatic carbocycles. The van der Waals surface area contributed by atoms with Crippen LogP contribution in [-0.4, -0.2) is 35.2 Å². The fraction of sp³-hybridized carbons (Fsp3) is 0.412. The highest BCUT2D eigenvalue weighted by Crippen LogP contribution is 2.26. The van der Waals surface area contributed by atoms with Gasteiger partial charge in [-0.05, 0) is 23.6 Å². The molecule has 1 aromatic heterocycles. The maximum Gasteiger partial charge on any atom is 0.188 e. The molecule has 0 spiro atoms. The van der Waals surface area contributed by atoms with Gasteiger partial charge in [0.15, 0.2) is 5.78 Å². The van der Waals surface area contributed by atoms with Gasteiger partial charge in [0.05, 0.1) is 10.7 Å². The number of benzene rings is 1. The molecule has 2 aromatic rings. The standard InChI is InChI=1S/C17H20ClN3O2/c1-10(2)16-15(18)17(21-20-16)14(22)7-11-3-5-12(6-4-11)23-13-8-19-9-13/h3-6,10,13,19H,7-9H2,1-2H3,(H,20,21). The van der Waals surface area contributed by atoms with Gasteiger partial charge < -0.3 is 10.1 Å². The number of ketones is 1. The summed E-state index contributed by atoms with van der Waals surface area (Å²) in [6, 6.07) is 7.60. The molecule has 2 heterocycles. The minimum Gasteiger partial charge on any atom is -0.488 e. The van der Waals surface area contributed by atoms with Crippen molar-refractivity contribution in [2.75, 3.05) is 13.1 Å². The van der Waals surface area contributed by atoms with Gasteiger partial charge in [-0.25, -0.2) is 0 Å². The third-order valence-corrected chi connectivity index (χ3v) is 4.29. The van der Waals surface area contributed by atoms with E-state index >= 15 is 0 Å². The minimum atomic E-state index is -0.0880. The monoisotopic (exact) mass is 333 g/mol. The van der Waals surface area contributed by atoms with Gasteiger partial charge in [-0.15, -0.1) is 0 Å². The number of aromatic amines is 1. The number of carbonyl (C=O) groups is 1. The fourth-order valence-corrected chi connectivity index (χ4v) is 2.81. The summed E-state index contributed by atoms with van der Waals surface area (Å²) in [6.07, 6.45) is 0.521. The topological polar surface area (TPSA) is 67.0 Å². The first-order valence-electron chi connectivity index (χ1n) is 7.78. The Morgan fingerprint density at radius 1 is 1.35 bits per heavy atom. The van der Waals surface area contributed by atoms with Crippen LogP contribution >= 0.6 is 11.6 Å². The molecule has 5 nitrogen and oxygen atoms in total. The Kier molecular flexibility index (Phi) is 4.68. The minimum absolute atomic E-state index is 0.0880. The van der Waals surface area contributed by atoms with E-state index in [0.29, 0.717) is 10.7 Å². The summed E-state index contributed by atoms with van der Waals surface area (Å²) in [4.78, 5) is 12.4. The molecule has 2 N–H and O–H groups in total. The van der Waals surface area contributed by atoms with Gasteiger partial charge in [0, 0.05) is 19.5 Å². The van der Waals surface area contributed by atoms with Gasteiger partial charge in [-0.3, -0.25) is 9.89 Å². The van der Waals surface area contributed by atoms with Crippen molar-refractivity contribution in [3.05, 3.63) is 46.2 Å². The van der Waals surface area contributed by atoms with Crippen molar-refractivity contribution in [3.8, 4) is 5.75 Å². The van der Waals surface area contributed by atoms with Crippen LogP contribution in [0.4, 0.5) is 0 Å². The second-order valence-corrected chi connectivity index (χ2v) is 6.47. The van der Waals surface area contributed by atoms with E-state index in [0.717, 1.165) is 30.1 Å². The molecule has 1 aliphatic heterocycles. The number of Topliss-reactive ketones (excluding diaryl/α,β-unsaturated/α-hetero) is 1. The second kappa shape index (κ2) is 6.72. The highest BCUT2D eigenvalue weighted by Gasteiger charge is 2.20. The van der Waals surface area contributed by atoms with Crippen LogP contribution in [0.25, 0.3) is 0 Å². The molecule has 0 radical (unpaired) electrons. The van der Waals surface area contributed by atoms with Gasteiger partial charge in [-0.1, -0.05) is 37.6 Å². The van der Waals surface area contributed by atoms with Crippen molar-refractivity contribution in [1.29, 1.82) is 0 Å². The number of ether oxygens (including phenoxy) is 1. The lowest BCUT2D eigenvalue weighted by molar-refractivity contribution is 0.0988. The Morgan fingerprint density at radius 3 is 2.57 bits per heavy atom. The highest BCUT2D eigenvalue weighted by molar-refractivity contribution is 6.34. The summed E-state index contributed by atoms with van der Waals surface area (Å²) >= 11 is 6.24. The molecule has 0 saturated carbocycles. The van der Waals surface area contributed by atoms with E-state index < -0.39 is 0 Å². The van der Waals surface area contributed by atoms with Crippen LogP contribution in [0.3, 0.4) is 0 Å². The van der Waals surface area contributed by atoms with E-state index in [1.54, 1.807) is 0 Å². The summed E-state index contributed by atoms with van der Waals surface area (Å²) in [5, 5.41) is 10.5. The summed E-state index contributed by atoms with van der Waals surface area (Å²) < 4.78 is 5.76. The van der Waals surface area contributed by atoms with E-state index in [9.17, 15) is 4.79 Å². The molecule has 0 unspecified atom stereocenters. The Hall–Kier alpha value is -1.85. The molecule has 1 aliphatic rings. The third-order valence-electron chi connectivity index (χ3n) is 3.91. The number of hydrogen-bond acceptors (Lipinski definition) is 4. The smallest absolute Gasteiger partial charge is 0.188 e. The maximum atomic E-state index is 12.4. The first-order valence-corrected chi connectivity index (χ1v) is 8.15. The second-order valence-electron chi connectivity index (χ2n) is 6.10. The van der Waals surface area contributed by atoms with Crippen molar-refractivity contribution in [1.82, 2.24) is 15.5 Å². The number of hydrogen-bond donors (Lipinski definition) is 2. The van der Waals surface area contributed by atoms with Crippen LogP contribution in [0.15, 0.2) is 24.3 Å². The van der Waals surface area contributed by atoms with Crippen molar-refractivity contribution in [2.45, 2.75) is 32.3 Å². The van der Waals surface area contributed by atoms with Crippen LogP contribution < -0.4 is 10.1 Å². The number of rotatable bonds is 6. The zero-order valence-electron chi connectivity index (χ0n) is 13.2. The van der Waals surface area contributed by atoms with Gasteiger partial charge >= 0.3 is 0 Å². The normalized spacial score (nSPS) is 14.8. The Morgan fingerprint density at radius 2 is 2.04 bits per heavy atom. The predicted molar refractivity (Wildman–Crippen MR) is 89.4 cm³/mol. The van der Waals surface area contributed by atoms with Crippen molar-refractivity contribution in [3.63, 3.8) is 0 Å². The van der Waals surface area contributed by atoms with Crippen LogP contribution in [0, 0.1) is 0 Å². The van der Waals surface area contributed by atoms with Gasteiger partial charge in [0.25, 0.3) is 0 Å². The average Bonchev–Trinajstić information content (AvgIpc) is 2.86. The van der Waals surface area contributed by atoms with Crippen molar-refractivity contribution in [2.24, 2.45) is 0 Å². The first-order chi connectivity index (χ1) is 11.0. The average molecular weight is 334 g/mol. The van der Waals surface area contributed by atoms with Gasteiger partial charge in [-0.2, -0.15) is 5.10 Å². The lowest BCUT2D eigenvalue weighted by Crippen LogP contribution is -2.50. The molecule has 122 valence electrons. The molecule has 0 amide bonds. The number of carbonyl (C=O) groups excluding carboxylic acids is 1. The quantitative estimate of drug-likeness (QED) is 0.798. The molecule has 0 atom stereocenters. The van der Waals surface area contributed by atoms with Crippen LogP contribution in [0.5, 0.6) is 5.75 Å². The van der Waals surface area contributed by atoms with E-state index in [1.807, 2.05) is 38.1 Å². The van der Waals surface area contributed by atoms with E-state index in [1.165, 1.54) is 0 Å². The Labute approximate surface area is 140 Å². The van der Waals surface area contributed by atoms with Crippen LogP contribution in [0.2, 0.25) is 5.02 Å². The maximum absolute atomic E-state index is 12.4. The molecule has 6 heteroatoms. The molecule has 0 bridgehead atoms. The lowest BCUT2D eigenvalue weighted by Gasteiger charge is -2.27. The summed E-state index contributed by atoms with van der Waals surface area (Å²) in [6.45, 7) is 5.78. The molecule has 23 heavy (non-hydrogen) atoms. The summed E-state index contributed by atoms with van der Waals surface area (Å²) in [5.41, 5.74) is 2.03. The summed E-state index contributed by atoms with van der Waals surface area (Å²) in [7, 11) is 0. The Bertz CT molecular complexity index is 690. The van der Waals surface area contributed by atoms with Gasteiger partial charge in [0.2, 0.25) is 0 Å². The number of halogens is 1. The van der Waals surface area contributed by atoms with Gasteiger partial charge in [0.1, 0.15) is 17.5 Å². The molecule has 3 rings (SSSR count). The predicted octanol–water partition coefficient (Wildman–Crippen LogP) is 2.96. The van der Waals surface area contributed by atoms with Crippen molar-refractivity contribution >= 4 is 17.4 Å². The number of nitrogens with one attached hydrogen (secondary N) is 2. The van der Waals surface area contributed by atoms with E-state index in [4.69, 9.17) is 16.3 Å². The summed E-state index contributed by atoms with van der Waals surface area (Å²) in [5.74, 6) is 0.941. The van der Waals surface area contributed by atoms with Crippen LogP contribution in [0.1, 0.15) is 41.5 Å². The number of aromatic nitrogens is 2. The lowest BCUT2D eigenvalue weighted by atomic mass is 10.1. The molecular formula is C17H20ClN3O2.